The Balaban J connectivity index is 1.29. The van der Waals surface area contributed by atoms with Crippen LogP contribution in [-0.4, -0.2) is 56.2 Å². The van der Waals surface area contributed by atoms with E-state index in [9.17, 15) is 18.3 Å². The van der Waals surface area contributed by atoms with E-state index in [1.54, 1.807) is 59.5 Å². The number of amides is 2. The molecule has 9 nitrogen and oxygen atoms in total. The number of aliphatic hydroxyl groups is 1. The number of benzene rings is 3. The molecular weight excluding hydrogens is 502 g/mol. The van der Waals surface area contributed by atoms with Gasteiger partial charge in [0.2, 0.25) is 0 Å². The second-order valence-corrected chi connectivity index (χ2v) is 11.8. The molecule has 202 valence electrons. The van der Waals surface area contributed by atoms with E-state index in [-0.39, 0.29) is 23.0 Å². The van der Waals surface area contributed by atoms with Crippen molar-refractivity contribution in [1.29, 1.82) is 0 Å². The lowest BCUT2D eigenvalue weighted by Crippen LogP contribution is -2.44. The predicted octanol–water partition coefficient (Wildman–Crippen LogP) is 3.80. The third-order valence-electron chi connectivity index (χ3n) is 6.66. The second-order valence-electron chi connectivity index (χ2n) is 10.1. The van der Waals surface area contributed by atoms with Gasteiger partial charge in [-0.05, 0) is 74.4 Å². The quantitative estimate of drug-likeness (QED) is 0.276. The zero-order valence-electron chi connectivity index (χ0n) is 21.7. The van der Waals surface area contributed by atoms with Crippen molar-refractivity contribution in [2.45, 2.75) is 36.8 Å². The van der Waals surface area contributed by atoms with E-state index in [0.717, 1.165) is 5.69 Å². The van der Waals surface area contributed by atoms with E-state index in [1.807, 2.05) is 30.9 Å². The first-order valence-electron chi connectivity index (χ1n) is 12.6. The Kier molecular flexibility index (Phi) is 8.25. The maximum Gasteiger partial charge on any atom is 0.324 e. The summed E-state index contributed by atoms with van der Waals surface area (Å²) >= 11 is 0. The molecule has 3 aromatic rings. The van der Waals surface area contributed by atoms with Gasteiger partial charge in [0.15, 0.2) is 0 Å². The lowest BCUT2D eigenvalue weighted by atomic mass is 9.99. The lowest BCUT2D eigenvalue weighted by molar-refractivity contribution is 0.156. The number of nitrogens with two attached hydrogens (primary N) is 1. The highest BCUT2D eigenvalue weighted by molar-refractivity contribution is 7.92. The van der Waals surface area contributed by atoms with Gasteiger partial charge >= 0.3 is 6.03 Å². The molecule has 1 atom stereocenters. The molecular formula is C28H35N5O4S. The topological polar surface area (TPSA) is 128 Å². The smallest absolute Gasteiger partial charge is 0.324 e. The number of carbonyl (C=O) groups excluding carboxylic acids is 1. The van der Waals surface area contributed by atoms with Gasteiger partial charge in [0.25, 0.3) is 10.0 Å². The van der Waals surface area contributed by atoms with Crippen LogP contribution in [0.25, 0.3) is 0 Å². The Bertz CT molecular complexity index is 1350. The number of aliphatic hydroxyl groups excluding tert-OH is 1. The molecule has 0 saturated carbocycles. The molecule has 1 unspecified atom stereocenters. The average Bonchev–Trinajstić information content (AvgIpc) is 3.27. The number of urea groups is 1. The molecule has 10 heteroatoms. The van der Waals surface area contributed by atoms with Gasteiger partial charge in [-0.25, -0.2) is 13.2 Å². The van der Waals surface area contributed by atoms with Gasteiger partial charge in [-0.1, -0.05) is 30.3 Å². The van der Waals surface area contributed by atoms with E-state index >= 15 is 0 Å². The van der Waals surface area contributed by atoms with Crippen LogP contribution in [0.5, 0.6) is 0 Å². The van der Waals surface area contributed by atoms with E-state index in [2.05, 4.69) is 10.0 Å². The highest BCUT2D eigenvalue weighted by atomic mass is 32.2. The first-order chi connectivity index (χ1) is 18.0. The molecule has 1 saturated heterocycles. The van der Waals surface area contributed by atoms with Crippen LogP contribution >= 0.6 is 0 Å². The molecule has 3 aromatic carbocycles. The molecule has 0 aromatic heterocycles. The zero-order valence-corrected chi connectivity index (χ0v) is 22.5. The van der Waals surface area contributed by atoms with Crippen LogP contribution < -0.4 is 20.7 Å². The average molecular weight is 538 g/mol. The maximum atomic E-state index is 12.9. The molecule has 0 aliphatic carbocycles. The van der Waals surface area contributed by atoms with E-state index in [0.29, 0.717) is 43.0 Å². The van der Waals surface area contributed by atoms with Crippen LogP contribution in [0.2, 0.25) is 0 Å². The van der Waals surface area contributed by atoms with Gasteiger partial charge in [-0.15, -0.1) is 0 Å². The summed E-state index contributed by atoms with van der Waals surface area (Å²) in [6.45, 7) is 6.18. The van der Waals surface area contributed by atoms with Crippen molar-refractivity contribution in [2.75, 3.05) is 41.5 Å². The first-order valence-corrected chi connectivity index (χ1v) is 14.1. The number of sulfonamides is 1. The number of nitrogens with one attached hydrogen (secondary N) is 2. The Morgan fingerprint density at radius 3 is 2.42 bits per heavy atom. The fraction of sp³-hybridized carbons (Fsp3) is 0.321. The summed E-state index contributed by atoms with van der Waals surface area (Å²) in [6.07, 6.45) is -0.150. The maximum absolute atomic E-state index is 12.9. The molecule has 5 N–H and O–H groups in total. The van der Waals surface area contributed by atoms with Gasteiger partial charge in [0.05, 0.1) is 11.0 Å². The molecule has 0 radical (unpaired) electrons. The SMILES string of the molecule is CC(C)(CCN1CCN(c2ccc(N)cc2)C1=O)NCC(O)c1cccc(NS(=O)(=O)c2ccccc2)c1. The molecule has 1 aliphatic rings. The number of β-amino-alcohol motifs (C(OH)–C–C–N with tert-alkyl or cyclic N) is 1. The van der Waals surface area contributed by atoms with Crippen molar-refractivity contribution in [2.24, 2.45) is 0 Å². The second kappa shape index (κ2) is 11.4. The Labute approximate surface area is 224 Å². The lowest BCUT2D eigenvalue weighted by Gasteiger charge is -2.30. The molecule has 2 amide bonds. The van der Waals surface area contributed by atoms with E-state index < -0.39 is 16.1 Å². The molecule has 38 heavy (non-hydrogen) atoms. The fourth-order valence-corrected chi connectivity index (χ4v) is 5.37. The van der Waals surface area contributed by atoms with Gasteiger partial charge in [0.1, 0.15) is 0 Å². The summed E-state index contributed by atoms with van der Waals surface area (Å²) in [5, 5.41) is 14.2. The van der Waals surface area contributed by atoms with Crippen molar-refractivity contribution >= 4 is 33.1 Å². The van der Waals surface area contributed by atoms with Crippen molar-refractivity contribution < 1.29 is 18.3 Å². The first kappa shape index (κ1) is 27.4. The third-order valence-corrected chi connectivity index (χ3v) is 8.05. The van der Waals surface area contributed by atoms with Crippen LogP contribution in [-0.2, 0) is 10.0 Å². The number of rotatable bonds is 11. The Morgan fingerprint density at radius 2 is 1.71 bits per heavy atom. The van der Waals surface area contributed by atoms with E-state index in [1.165, 1.54) is 12.1 Å². The third kappa shape index (κ3) is 6.83. The number of carbonyl (C=O) groups is 1. The minimum absolute atomic E-state index is 0.0274. The highest BCUT2D eigenvalue weighted by Gasteiger charge is 2.31. The van der Waals surface area contributed by atoms with Gasteiger partial charge in [0, 0.05) is 48.8 Å². The van der Waals surface area contributed by atoms with Crippen molar-refractivity contribution in [3.05, 3.63) is 84.4 Å². The van der Waals surface area contributed by atoms with Crippen LogP contribution in [0.4, 0.5) is 21.9 Å². The summed E-state index contributed by atoms with van der Waals surface area (Å²) in [5.74, 6) is 0. The summed E-state index contributed by atoms with van der Waals surface area (Å²) in [6, 6.07) is 22.1. The number of hydrogen-bond acceptors (Lipinski definition) is 6. The van der Waals surface area contributed by atoms with Gasteiger partial charge < -0.3 is 21.1 Å². The standard InChI is InChI=1S/C28H35N5O4S/c1-28(2,15-16-32-17-18-33(27(32)35)24-13-11-22(29)12-14-24)30-20-26(34)21-7-6-8-23(19-21)31-38(36,37)25-9-4-3-5-10-25/h3-14,19,26,30-31,34H,15-18,20,29H2,1-2H3. The summed E-state index contributed by atoms with van der Waals surface area (Å²) < 4.78 is 27.8. The van der Waals surface area contributed by atoms with Crippen LogP contribution in [0.1, 0.15) is 31.9 Å². The van der Waals surface area contributed by atoms with Crippen molar-refractivity contribution in [1.82, 2.24) is 10.2 Å². The van der Waals surface area contributed by atoms with E-state index in [4.69, 9.17) is 5.73 Å². The summed E-state index contributed by atoms with van der Waals surface area (Å²) in [5.41, 5.74) is 7.88. The molecule has 0 spiro atoms. The predicted molar refractivity (Wildman–Crippen MR) is 151 cm³/mol. The fourth-order valence-electron chi connectivity index (χ4n) is 4.30. The summed E-state index contributed by atoms with van der Waals surface area (Å²) in [7, 11) is -3.72. The Morgan fingerprint density at radius 1 is 1.00 bits per heavy atom. The molecule has 4 rings (SSSR count). The van der Waals surface area contributed by atoms with Crippen molar-refractivity contribution in [3.63, 3.8) is 0 Å². The highest BCUT2D eigenvalue weighted by Crippen LogP contribution is 2.24. The molecule has 1 fully saturated rings. The molecule has 0 bridgehead atoms. The monoisotopic (exact) mass is 537 g/mol. The number of nitrogens with zero attached hydrogens (tertiary/aromatic N) is 2. The van der Waals surface area contributed by atoms with Crippen LogP contribution in [0, 0.1) is 0 Å². The minimum Gasteiger partial charge on any atom is -0.399 e. The normalized spacial score (nSPS) is 15.1. The largest absolute Gasteiger partial charge is 0.399 e. The van der Waals surface area contributed by atoms with Crippen molar-refractivity contribution in [3.8, 4) is 0 Å². The van der Waals surface area contributed by atoms with Crippen LogP contribution in [0.3, 0.4) is 0 Å². The number of anilines is 3. The zero-order chi connectivity index (χ0) is 27.3. The number of nitrogen functional groups attached to an aromatic ring is 1. The number of hydrogen-bond donors (Lipinski definition) is 4. The summed E-state index contributed by atoms with van der Waals surface area (Å²) in [4.78, 5) is 16.6. The Hall–Kier alpha value is -3.60. The van der Waals surface area contributed by atoms with Crippen LogP contribution in [0.15, 0.2) is 83.8 Å². The minimum atomic E-state index is -3.72. The molecule has 1 heterocycles. The van der Waals surface area contributed by atoms with Gasteiger partial charge in [-0.3, -0.25) is 9.62 Å². The van der Waals surface area contributed by atoms with Gasteiger partial charge in [-0.2, -0.15) is 0 Å². The molecule has 1 aliphatic heterocycles.